The number of halogens is 1. The van der Waals surface area contributed by atoms with Crippen LogP contribution in [0.1, 0.15) is 16.1 Å². The Bertz CT molecular complexity index is 862. The number of amides is 2. The van der Waals surface area contributed by atoms with Gasteiger partial charge in [0.05, 0.1) is 17.7 Å². The van der Waals surface area contributed by atoms with Gasteiger partial charge >= 0.3 is 0 Å². The molecular formula is C16H12FN3O2S2. The summed E-state index contributed by atoms with van der Waals surface area (Å²) in [4.78, 5) is 28.1. The molecule has 3 rings (SSSR count). The zero-order valence-corrected chi connectivity index (χ0v) is 13.9. The molecule has 8 heteroatoms. The number of aromatic nitrogens is 1. The van der Waals surface area contributed by atoms with Crippen LogP contribution in [0.5, 0.6) is 0 Å². The topological polar surface area (TPSA) is 71.1 Å². The fourth-order valence-electron chi connectivity index (χ4n) is 1.95. The highest BCUT2D eigenvalue weighted by molar-refractivity contribution is 7.14. The first-order valence-corrected chi connectivity index (χ1v) is 8.76. The summed E-state index contributed by atoms with van der Waals surface area (Å²) in [6, 6.07) is 7.50. The third kappa shape index (κ3) is 3.84. The van der Waals surface area contributed by atoms with Gasteiger partial charge in [0.25, 0.3) is 5.91 Å². The first-order chi connectivity index (χ1) is 11.6. The number of thiazole rings is 1. The van der Waals surface area contributed by atoms with E-state index in [4.69, 9.17) is 0 Å². The van der Waals surface area contributed by atoms with Crippen LogP contribution in [-0.2, 0) is 11.2 Å². The van der Waals surface area contributed by atoms with Gasteiger partial charge < -0.3 is 0 Å². The van der Waals surface area contributed by atoms with Gasteiger partial charge in [-0.05, 0) is 23.6 Å². The van der Waals surface area contributed by atoms with Gasteiger partial charge in [-0.1, -0.05) is 12.1 Å². The maximum atomic E-state index is 13.5. The van der Waals surface area contributed by atoms with Crippen molar-refractivity contribution < 1.29 is 14.0 Å². The highest BCUT2D eigenvalue weighted by Crippen LogP contribution is 2.25. The van der Waals surface area contributed by atoms with Crippen LogP contribution in [-0.4, -0.2) is 16.8 Å². The molecule has 0 saturated heterocycles. The van der Waals surface area contributed by atoms with Crippen molar-refractivity contribution in [3.05, 3.63) is 63.5 Å². The Labute approximate surface area is 145 Å². The fraction of sp³-hybridized carbons (Fsp3) is 0.0625. The summed E-state index contributed by atoms with van der Waals surface area (Å²) >= 11 is 3.03. The number of nitrogens with one attached hydrogen (secondary N) is 2. The van der Waals surface area contributed by atoms with Crippen molar-refractivity contribution in [2.45, 2.75) is 6.42 Å². The van der Waals surface area contributed by atoms with E-state index in [0.717, 1.165) is 10.6 Å². The zero-order valence-electron chi connectivity index (χ0n) is 12.3. The van der Waals surface area contributed by atoms with Crippen molar-refractivity contribution in [2.75, 3.05) is 0 Å². The normalized spacial score (nSPS) is 10.4. The average molecular weight is 361 g/mol. The number of hydrogen-bond acceptors (Lipinski definition) is 5. The Morgan fingerprint density at radius 2 is 1.96 bits per heavy atom. The van der Waals surface area contributed by atoms with E-state index >= 15 is 0 Å². The molecule has 0 radical (unpaired) electrons. The molecule has 0 fully saturated rings. The number of carbonyl (C=O) groups is 2. The highest BCUT2D eigenvalue weighted by atomic mass is 32.1. The SMILES string of the molecule is O=C(Cc1csc(-c2ccsc2)n1)NNC(=O)c1ccccc1F. The Hall–Kier alpha value is -2.58. The molecule has 2 amide bonds. The van der Waals surface area contributed by atoms with Crippen LogP contribution < -0.4 is 10.9 Å². The molecule has 0 bridgehead atoms. The summed E-state index contributed by atoms with van der Waals surface area (Å²) in [5.41, 5.74) is 5.95. The Kier molecular flexibility index (Phi) is 4.97. The first-order valence-electron chi connectivity index (χ1n) is 6.94. The third-order valence-corrected chi connectivity index (χ3v) is 4.72. The van der Waals surface area contributed by atoms with E-state index in [-0.39, 0.29) is 12.0 Å². The molecule has 122 valence electrons. The molecular weight excluding hydrogens is 349 g/mol. The molecule has 0 atom stereocenters. The molecule has 1 aromatic carbocycles. The van der Waals surface area contributed by atoms with Crippen molar-refractivity contribution in [1.29, 1.82) is 0 Å². The van der Waals surface area contributed by atoms with E-state index in [1.54, 1.807) is 22.8 Å². The molecule has 5 nitrogen and oxygen atoms in total. The second-order valence-corrected chi connectivity index (χ2v) is 6.45. The minimum atomic E-state index is -0.710. The minimum absolute atomic E-state index is 0.0260. The lowest BCUT2D eigenvalue weighted by molar-refractivity contribution is -0.121. The molecule has 0 unspecified atom stereocenters. The Morgan fingerprint density at radius 3 is 2.71 bits per heavy atom. The van der Waals surface area contributed by atoms with Gasteiger partial charge in [-0.3, -0.25) is 20.4 Å². The summed E-state index contributed by atoms with van der Waals surface area (Å²) in [5.74, 6) is -1.79. The second-order valence-electron chi connectivity index (χ2n) is 4.81. The van der Waals surface area contributed by atoms with Gasteiger partial charge in [0.2, 0.25) is 5.91 Å². The Balaban J connectivity index is 1.55. The van der Waals surface area contributed by atoms with E-state index in [1.165, 1.54) is 29.5 Å². The lowest BCUT2D eigenvalue weighted by Crippen LogP contribution is -2.42. The molecule has 3 aromatic rings. The van der Waals surface area contributed by atoms with Crippen molar-refractivity contribution in [2.24, 2.45) is 0 Å². The minimum Gasteiger partial charge on any atom is -0.273 e. The summed E-state index contributed by atoms with van der Waals surface area (Å²) in [5, 5.41) is 6.58. The van der Waals surface area contributed by atoms with Crippen LogP contribution in [0.25, 0.3) is 10.6 Å². The van der Waals surface area contributed by atoms with E-state index in [0.29, 0.717) is 5.69 Å². The molecule has 2 heterocycles. The molecule has 2 N–H and O–H groups in total. The number of thiophene rings is 1. The van der Waals surface area contributed by atoms with E-state index in [9.17, 15) is 14.0 Å². The van der Waals surface area contributed by atoms with Crippen molar-refractivity contribution >= 4 is 34.5 Å². The van der Waals surface area contributed by atoms with Gasteiger partial charge in [-0.15, -0.1) is 11.3 Å². The number of nitrogens with zero attached hydrogens (tertiary/aromatic N) is 1. The van der Waals surface area contributed by atoms with Crippen LogP contribution in [0.4, 0.5) is 4.39 Å². The highest BCUT2D eigenvalue weighted by Gasteiger charge is 2.13. The Morgan fingerprint density at radius 1 is 1.12 bits per heavy atom. The standard InChI is InChI=1S/C16H12FN3O2S2/c17-13-4-2-1-3-12(13)15(22)20-19-14(21)7-11-9-24-16(18-11)10-5-6-23-8-10/h1-6,8-9H,7H2,(H,19,21)(H,20,22). The molecule has 0 aliphatic rings. The summed E-state index contributed by atoms with van der Waals surface area (Å²) in [6.07, 6.45) is 0.0260. The molecule has 0 aliphatic carbocycles. The summed E-state index contributed by atoms with van der Waals surface area (Å²) in [7, 11) is 0. The molecule has 0 aliphatic heterocycles. The summed E-state index contributed by atoms with van der Waals surface area (Å²) < 4.78 is 13.5. The molecule has 24 heavy (non-hydrogen) atoms. The van der Waals surface area contributed by atoms with Crippen LogP contribution in [0.3, 0.4) is 0 Å². The van der Waals surface area contributed by atoms with E-state index in [1.807, 2.05) is 16.8 Å². The van der Waals surface area contributed by atoms with Gasteiger partial charge in [-0.2, -0.15) is 11.3 Å². The monoisotopic (exact) mass is 361 g/mol. The van der Waals surface area contributed by atoms with Crippen LogP contribution >= 0.6 is 22.7 Å². The largest absolute Gasteiger partial charge is 0.273 e. The number of hydrazine groups is 1. The third-order valence-electron chi connectivity index (χ3n) is 3.10. The van der Waals surface area contributed by atoms with Crippen molar-refractivity contribution in [1.82, 2.24) is 15.8 Å². The van der Waals surface area contributed by atoms with Gasteiger partial charge in [0.15, 0.2) is 0 Å². The maximum absolute atomic E-state index is 13.5. The molecule has 2 aromatic heterocycles. The van der Waals surface area contributed by atoms with Crippen LogP contribution in [0.15, 0.2) is 46.5 Å². The zero-order chi connectivity index (χ0) is 16.9. The number of hydrogen-bond donors (Lipinski definition) is 2. The second kappa shape index (κ2) is 7.33. The summed E-state index contributed by atoms with van der Waals surface area (Å²) in [6.45, 7) is 0. The van der Waals surface area contributed by atoms with Gasteiger partial charge in [-0.25, -0.2) is 9.37 Å². The predicted octanol–water partition coefficient (Wildman–Crippen LogP) is 3.01. The quantitative estimate of drug-likeness (QED) is 0.702. The van der Waals surface area contributed by atoms with Crippen LogP contribution in [0.2, 0.25) is 0 Å². The number of rotatable bonds is 4. The lowest BCUT2D eigenvalue weighted by atomic mass is 10.2. The van der Waals surface area contributed by atoms with Gasteiger partial charge in [0, 0.05) is 16.3 Å². The smallest absolute Gasteiger partial charge is 0.272 e. The van der Waals surface area contributed by atoms with Crippen LogP contribution in [0, 0.1) is 5.82 Å². The lowest BCUT2D eigenvalue weighted by Gasteiger charge is -2.07. The number of carbonyl (C=O) groups excluding carboxylic acids is 2. The van der Waals surface area contributed by atoms with Gasteiger partial charge in [0.1, 0.15) is 10.8 Å². The average Bonchev–Trinajstić information content (AvgIpc) is 3.24. The fourth-order valence-corrected chi connectivity index (χ4v) is 3.49. The maximum Gasteiger partial charge on any atom is 0.272 e. The number of benzene rings is 1. The first kappa shape index (κ1) is 16.3. The van der Waals surface area contributed by atoms with E-state index in [2.05, 4.69) is 15.8 Å². The van der Waals surface area contributed by atoms with Crippen molar-refractivity contribution in [3.63, 3.8) is 0 Å². The van der Waals surface area contributed by atoms with E-state index < -0.39 is 17.6 Å². The molecule has 0 spiro atoms. The van der Waals surface area contributed by atoms with Crippen molar-refractivity contribution in [3.8, 4) is 10.6 Å². The molecule has 0 saturated carbocycles. The predicted molar refractivity (Wildman–Crippen MR) is 91.1 cm³/mol.